The normalized spacial score (nSPS) is 11.1. The number of anilines is 4. The predicted octanol–water partition coefficient (Wildman–Crippen LogP) is 12.3. The zero-order valence-corrected chi connectivity index (χ0v) is 26.1. The summed E-state index contributed by atoms with van der Waals surface area (Å²) in [5, 5.41) is 0. The second kappa shape index (κ2) is 17.0. The molecule has 0 aliphatic rings. The van der Waals surface area contributed by atoms with Crippen LogP contribution in [0.3, 0.4) is 0 Å². The average molecular weight is 565 g/mol. The van der Waals surface area contributed by atoms with Gasteiger partial charge in [-0.3, -0.25) is 0 Å². The molecule has 4 aromatic carbocycles. The van der Waals surface area contributed by atoms with Crippen LogP contribution in [0.1, 0.15) is 34.1 Å². The number of hydrogen-bond donors (Lipinski definition) is 0. The van der Waals surface area contributed by atoms with E-state index >= 15 is 0 Å². The van der Waals surface area contributed by atoms with E-state index in [1.807, 2.05) is 45.9 Å². The molecule has 2 heteroatoms. The number of benzene rings is 4. The highest BCUT2D eigenvalue weighted by atomic mass is 15.1. The van der Waals surface area contributed by atoms with Crippen LogP contribution in [-0.4, -0.2) is 0 Å². The van der Waals surface area contributed by atoms with Crippen LogP contribution in [0, 0.1) is 0 Å². The first kappa shape index (κ1) is 32.4. The van der Waals surface area contributed by atoms with Crippen LogP contribution in [0.5, 0.6) is 0 Å². The molecule has 0 radical (unpaired) electrons. The Hall–Kier alpha value is -5.08. The van der Waals surface area contributed by atoms with Gasteiger partial charge in [0.25, 0.3) is 0 Å². The predicted molar refractivity (Wildman–Crippen MR) is 191 cm³/mol. The number of nitrogens with zero attached hydrogens (tertiary/aromatic N) is 2. The van der Waals surface area contributed by atoms with Gasteiger partial charge in [0, 0.05) is 34.1 Å². The van der Waals surface area contributed by atoms with Gasteiger partial charge in [0.05, 0.1) is 0 Å². The lowest BCUT2D eigenvalue weighted by atomic mass is 10.0. The van der Waals surface area contributed by atoms with Crippen LogP contribution in [0.2, 0.25) is 0 Å². The van der Waals surface area contributed by atoms with E-state index in [0.29, 0.717) is 0 Å². The van der Waals surface area contributed by atoms with Gasteiger partial charge in [0.2, 0.25) is 0 Å². The molecule has 0 aromatic heterocycles. The topological polar surface area (TPSA) is 6.48 Å². The van der Waals surface area contributed by atoms with Gasteiger partial charge in [0.1, 0.15) is 0 Å². The molecule has 0 unspecified atom stereocenters. The Bertz CT molecular complexity index is 1530. The van der Waals surface area contributed by atoms with Crippen molar-refractivity contribution in [3.05, 3.63) is 182 Å². The summed E-state index contributed by atoms with van der Waals surface area (Å²) in [6.07, 6.45) is 13.3. The fraction of sp³-hybridized carbons (Fsp3) is 0.122. The molecule has 0 N–H and O–H groups in total. The molecule has 0 saturated carbocycles. The molecule has 218 valence electrons. The van der Waals surface area contributed by atoms with Gasteiger partial charge in [-0.1, -0.05) is 104 Å². The summed E-state index contributed by atoms with van der Waals surface area (Å²) < 4.78 is 0. The molecule has 2 nitrogen and oxygen atoms in total. The van der Waals surface area contributed by atoms with Gasteiger partial charge < -0.3 is 9.80 Å². The minimum Gasteiger partial charge on any atom is -0.311 e. The van der Waals surface area contributed by atoms with Crippen molar-refractivity contribution in [1.82, 2.24) is 0 Å². The van der Waals surface area contributed by atoms with E-state index in [-0.39, 0.29) is 0 Å². The fourth-order valence-corrected chi connectivity index (χ4v) is 4.52. The Morgan fingerprint density at radius 3 is 1.44 bits per heavy atom. The number of allylic oxidation sites excluding steroid dienone is 7. The van der Waals surface area contributed by atoms with Crippen molar-refractivity contribution in [3.8, 4) is 11.1 Å². The molecular formula is C41H44N2. The third-order valence-corrected chi connectivity index (χ3v) is 6.48. The third kappa shape index (κ3) is 9.48. The first-order valence-electron chi connectivity index (χ1n) is 14.7. The van der Waals surface area contributed by atoms with Gasteiger partial charge in [-0.2, -0.15) is 0 Å². The van der Waals surface area contributed by atoms with Crippen LogP contribution in [0.4, 0.5) is 22.7 Å². The Balaban J connectivity index is 0.00000119. The summed E-state index contributed by atoms with van der Waals surface area (Å²) in [7, 11) is 0. The summed E-state index contributed by atoms with van der Waals surface area (Å²) in [5.41, 5.74) is 9.79. The molecule has 0 fully saturated rings. The maximum absolute atomic E-state index is 4.36. The monoisotopic (exact) mass is 564 g/mol. The Labute approximate surface area is 259 Å². The van der Waals surface area contributed by atoms with E-state index in [1.165, 1.54) is 5.57 Å². The van der Waals surface area contributed by atoms with E-state index in [4.69, 9.17) is 0 Å². The van der Waals surface area contributed by atoms with Gasteiger partial charge >= 0.3 is 0 Å². The summed E-state index contributed by atoms with van der Waals surface area (Å²) >= 11 is 0. The van der Waals surface area contributed by atoms with E-state index < -0.39 is 0 Å². The highest BCUT2D eigenvalue weighted by molar-refractivity contribution is 5.76. The van der Waals surface area contributed by atoms with Crippen molar-refractivity contribution in [1.29, 1.82) is 0 Å². The summed E-state index contributed by atoms with van der Waals surface area (Å²) in [6, 6.07) is 38.1. The quantitative estimate of drug-likeness (QED) is 0.132. The van der Waals surface area contributed by atoms with Crippen molar-refractivity contribution < 1.29 is 0 Å². The summed E-state index contributed by atoms with van der Waals surface area (Å²) in [5.74, 6) is 0. The maximum Gasteiger partial charge on any atom is 0.0461 e. The molecule has 0 aliphatic carbocycles. The number of para-hydroxylation sites is 2. The lowest BCUT2D eigenvalue weighted by Crippen LogP contribution is -2.14. The van der Waals surface area contributed by atoms with E-state index in [0.717, 1.165) is 51.7 Å². The lowest BCUT2D eigenvalue weighted by Gasteiger charge is -2.26. The first-order chi connectivity index (χ1) is 20.9. The third-order valence-electron chi connectivity index (χ3n) is 6.48. The van der Waals surface area contributed by atoms with Gasteiger partial charge in [-0.25, -0.2) is 0 Å². The molecule has 0 bridgehead atoms. The van der Waals surface area contributed by atoms with Crippen molar-refractivity contribution >= 4 is 22.7 Å². The van der Waals surface area contributed by atoms with Crippen molar-refractivity contribution in [2.24, 2.45) is 0 Å². The second-order valence-corrected chi connectivity index (χ2v) is 10.3. The molecule has 0 aliphatic heterocycles. The number of hydrogen-bond acceptors (Lipinski definition) is 2. The van der Waals surface area contributed by atoms with Crippen LogP contribution in [0.25, 0.3) is 11.1 Å². The average Bonchev–Trinajstić information content (AvgIpc) is 3.03. The van der Waals surface area contributed by atoms with E-state index in [9.17, 15) is 0 Å². The standard InChI is InChI=1S/C37H36N2.C4H8/c1-5-8-9-12-17-30(4)38(34-18-13-10-14-19-34)36-26-22-31(23-27-36)32-24-28-37(29-25-32)39(33(6-2)7-3)35-20-15-11-16-21-35;1-4(2)3/h5-8,10-29H,2,4,9H2,1,3H3;1H2,2-3H3/b8-5-,17-12?,33-7+;. The molecule has 0 spiro atoms. The highest BCUT2D eigenvalue weighted by Crippen LogP contribution is 2.34. The van der Waals surface area contributed by atoms with Gasteiger partial charge in [0.15, 0.2) is 0 Å². The molecule has 4 aromatic rings. The minimum absolute atomic E-state index is 0.886. The molecular weight excluding hydrogens is 520 g/mol. The zero-order valence-electron chi connectivity index (χ0n) is 26.1. The largest absolute Gasteiger partial charge is 0.311 e. The first-order valence-corrected chi connectivity index (χ1v) is 14.7. The smallest absolute Gasteiger partial charge is 0.0461 e. The van der Waals surface area contributed by atoms with E-state index in [2.05, 4.69) is 157 Å². The Kier molecular flexibility index (Phi) is 12.8. The SMILES string of the molecule is C=C(C)C.C=C/C(=C\C)N(c1ccccc1)c1ccc(-c2ccc(N(C(=C)C=CC/C=C\C)c3ccccc3)cc2)cc1. The van der Waals surface area contributed by atoms with Crippen molar-refractivity contribution in [2.45, 2.75) is 34.1 Å². The van der Waals surface area contributed by atoms with Gasteiger partial charge in [-0.15, -0.1) is 6.58 Å². The van der Waals surface area contributed by atoms with Crippen molar-refractivity contribution in [2.75, 3.05) is 9.80 Å². The van der Waals surface area contributed by atoms with Gasteiger partial charge in [-0.05, 0) is 106 Å². The summed E-state index contributed by atoms with van der Waals surface area (Å²) in [4.78, 5) is 4.40. The van der Waals surface area contributed by atoms with Crippen LogP contribution >= 0.6 is 0 Å². The molecule has 0 atom stereocenters. The van der Waals surface area contributed by atoms with Crippen LogP contribution < -0.4 is 9.80 Å². The molecule has 0 saturated heterocycles. The fourth-order valence-electron chi connectivity index (χ4n) is 4.52. The Morgan fingerprint density at radius 2 is 1.02 bits per heavy atom. The van der Waals surface area contributed by atoms with Crippen molar-refractivity contribution in [3.63, 3.8) is 0 Å². The molecule has 4 rings (SSSR count). The van der Waals surface area contributed by atoms with E-state index in [1.54, 1.807) is 0 Å². The highest BCUT2D eigenvalue weighted by Gasteiger charge is 2.14. The Morgan fingerprint density at radius 1 is 0.605 bits per heavy atom. The molecule has 43 heavy (non-hydrogen) atoms. The van der Waals surface area contributed by atoms with Crippen LogP contribution in [-0.2, 0) is 0 Å². The molecule has 0 amide bonds. The maximum atomic E-state index is 4.36. The number of rotatable bonds is 11. The minimum atomic E-state index is 0.886. The van der Waals surface area contributed by atoms with Crippen LogP contribution in [0.15, 0.2) is 182 Å². The zero-order chi connectivity index (χ0) is 31.0. The second-order valence-electron chi connectivity index (χ2n) is 10.3. The lowest BCUT2D eigenvalue weighted by molar-refractivity contribution is 1.20. The molecule has 0 heterocycles. The summed E-state index contributed by atoms with van der Waals surface area (Å²) in [6.45, 7) is 20.0.